The van der Waals surface area contributed by atoms with Gasteiger partial charge in [-0.3, -0.25) is 0 Å². The largest absolute Gasteiger partial charge is 0.480 e. The molecule has 0 aliphatic carbocycles. The second kappa shape index (κ2) is 5.86. The van der Waals surface area contributed by atoms with E-state index in [1.54, 1.807) is 6.92 Å². The third kappa shape index (κ3) is 4.22. The van der Waals surface area contributed by atoms with Crippen LogP contribution in [0.3, 0.4) is 0 Å². The van der Waals surface area contributed by atoms with Gasteiger partial charge in [0.05, 0.1) is 5.60 Å². The molecule has 0 saturated carbocycles. The van der Waals surface area contributed by atoms with E-state index in [1.807, 2.05) is 6.92 Å². The van der Waals surface area contributed by atoms with E-state index in [0.29, 0.717) is 19.6 Å². The summed E-state index contributed by atoms with van der Waals surface area (Å²) in [6, 6.07) is -1.30. The molecule has 98 valence electrons. The third-order valence-electron chi connectivity index (χ3n) is 2.94. The number of carbonyl (C=O) groups excluding carboxylic acids is 1. The molecular weight excluding hydrogens is 224 g/mol. The van der Waals surface area contributed by atoms with E-state index >= 15 is 0 Å². The average Bonchev–Trinajstić information content (AvgIpc) is 2.70. The lowest BCUT2D eigenvalue weighted by molar-refractivity contribution is -0.139. The van der Waals surface area contributed by atoms with Gasteiger partial charge in [0.15, 0.2) is 0 Å². The summed E-state index contributed by atoms with van der Waals surface area (Å²) in [4.78, 5) is 22.2. The molecule has 0 spiro atoms. The molecular formula is C11H20N2O4. The summed E-state index contributed by atoms with van der Waals surface area (Å²) in [6.45, 7) is 4.76. The number of carboxylic acids is 1. The van der Waals surface area contributed by atoms with Gasteiger partial charge in [0.25, 0.3) is 0 Å². The Hall–Kier alpha value is -1.30. The number of carbonyl (C=O) groups is 2. The lowest BCUT2D eigenvalue weighted by Crippen LogP contribution is -2.49. The van der Waals surface area contributed by atoms with Gasteiger partial charge in [-0.05, 0) is 26.2 Å². The minimum Gasteiger partial charge on any atom is -0.480 e. The molecule has 0 aromatic carbocycles. The van der Waals surface area contributed by atoms with Crippen LogP contribution >= 0.6 is 0 Å². The fraction of sp³-hybridized carbons (Fsp3) is 0.818. The van der Waals surface area contributed by atoms with Crippen LogP contribution in [0.5, 0.6) is 0 Å². The van der Waals surface area contributed by atoms with Crippen LogP contribution in [0.1, 0.15) is 33.1 Å². The number of nitrogens with one attached hydrogen (secondary N) is 2. The van der Waals surface area contributed by atoms with Crippen molar-refractivity contribution in [2.75, 3.05) is 13.2 Å². The second-order valence-electron chi connectivity index (χ2n) is 4.53. The number of rotatable bonds is 5. The maximum Gasteiger partial charge on any atom is 0.326 e. The monoisotopic (exact) mass is 244 g/mol. The highest BCUT2D eigenvalue weighted by molar-refractivity contribution is 5.82. The number of amides is 2. The van der Waals surface area contributed by atoms with E-state index in [-0.39, 0.29) is 5.60 Å². The van der Waals surface area contributed by atoms with Crippen molar-refractivity contribution < 1.29 is 19.4 Å². The standard InChI is InChI=1S/C11H20N2O4/c1-3-8(9(14)15)13-10(16)12-7-11(2)5-4-6-17-11/h8H,3-7H2,1-2H3,(H,14,15)(H2,12,13,16)/t8-,11?/m0/s1. The van der Waals surface area contributed by atoms with Gasteiger partial charge in [-0.15, -0.1) is 0 Å². The predicted molar refractivity (Wildman–Crippen MR) is 61.8 cm³/mol. The second-order valence-corrected chi connectivity index (χ2v) is 4.53. The molecule has 6 nitrogen and oxygen atoms in total. The number of urea groups is 1. The van der Waals surface area contributed by atoms with Crippen molar-refractivity contribution in [3.05, 3.63) is 0 Å². The summed E-state index contributed by atoms with van der Waals surface area (Å²) in [7, 11) is 0. The summed E-state index contributed by atoms with van der Waals surface area (Å²) in [5.41, 5.74) is -0.317. The number of hydrogen-bond donors (Lipinski definition) is 3. The van der Waals surface area contributed by atoms with Crippen molar-refractivity contribution in [1.82, 2.24) is 10.6 Å². The first kappa shape index (κ1) is 13.8. The summed E-state index contributed by atoms with van der Waals surface area (Å²) in [5.74, 6) is -1.02. The molecule has 0 radical (unpaired) electrons. The molecule has 0 bridgehead atoms. The number of ether oxygens (including phenoxy) is 1. The lowest BCUT2D eigenvalue weighted by Gasteiger charge is -2.24. The van der Waals surface area contributed by atoms with Gasteiger partial charge in [0.2, 0.25) is 0 Å². The van der Waals surface area contributed by atoms with E-state index in [1.165, 1.54) is 0 Å². The molecule has 1 saturated heterocycles. The van der Waals surface area contributed by atoms with Gasteiger partial charge in [-0.1, -0.05) is 6.92 Å². The van der Waals surface area contributed by atoms with Crippen molar-refractivity contribution >= 4 is 12.0 Å². The van der Waals surface area contributed by atoms with Gasteiger partial charge in [-0.25, -0.2) is 9.59 Å². The molecule has 17 heavy (non-hydrogen) atoms. The molecule has 2 atom stereocenters. The van der Waals surface area contributed by atoms with Crippen LogP contribution in [0.15, 0.2) is 0 Å². The Bertz CT molecular complexity index is 287. The summed E-state index contributed by atoms with van der Waals surface area (Å²) < 4.78 is 5.51. The SMILES string of the molecule is CC[C@H](NC(=O)NCC1(C)CCCO1)C(=O)O. The van der Waals surface area contributed by atoms with Crippen molar-refractivity contribution in [2.45, 2.75) is 44.8 Å². The Kier molecular flexibility index (Phi) is 4.74. The van der Waals surface area contributed by atoms with E-state index in [9.17, 15) is 9.59 Å². The van der Waals surface area contributed by atoms with Gasteiger partial charge >= 0.3 is 12.0 Å². The van der Waals surface area contributed by atoms with Crippen LogP contribution in [0.4, 0.5) is 4.79 Å². The van der Waals surface area contributed by atoms with Gasteiger partial charge in [0.1, 0.15) is 6.04 Å². The van der Waals surface area contributed by atoms with Crippen molar-refractivity contribution in [3.8, 4) is 0 Å². The predicted octanol–water partition coefficient (Wildman–Crippen LogP) is 0.718. The molecule has 1 unspecified atom stereocenters. The lowest BCUT2D eigenvalue weighted by atomic mass is 10.0. The fourth-order valence-electron chi connectivity index (χ4n) is 1.79. The molecule has 2 amide bonds. The van der Waals surface area contributed by atoms with Crippen LogP contribution < -0.4 is 10.6 Å². The number of aliphatic carboxylic acids is 1. The van der Waals surface area contributed by atoms with Crippen molar-refractivity contribution in [3.63, 3.8) is 0 Å². The molecule has 1 aliphatic rings. The Labute approximate surface area is 101 Å². The number of hydrogen-bond acceptors (Lipinski definition) is 3. The van der Waals surface area contributed by atoms with Crippen LogP contribution in [-0.2, 0) is 9.53 Å². The molecule has 0 aromatic rings. The zero-order chi connectivity index (χ0) is 12.9. The number of carboxylic acid groups (broad SMARTS) is 1. The van der Waals surface area contributed by atoms with Gasteiger partial charge in [0, 0.05) is 13.2 Å². The van der Waals surface area contributed by atoms with E-state index in [0.717, 1.165) is 12.8 Å². The maximum absolute atomic E-state index is 11.5. The Morgan fingerprint density at radius 3 is 2.71 bits per heavy atom. The molecule has 1 fully saturated rings. The zero-order valence-corrected chi connectivity index (χ0v) is 10.3. The first-order valence-electron chi connectivity index (χ1n) is 5.88. The molecule has 0 aromatic heterocycles. The van der Waals surface area contributed by atoms with Crippen LogP contribution in [0.2, 0.25) is 0 Å². The molecule has 1 aliphatic heterocycles. The first-order valence-corrected chi connectivity index (χ1v) is 5.88. The molecule has 3 N–H and O–H groups in total. The van der Waals surface area contributed by atoms with Crippen molar-refractivity contribution in [1.29, 1.82) is 0 Å². The fourth-order valence-corrected chi connectivity index (χ4v) is 1.79. The van der Waals surface area contributed by atoms with E-state index < -0.39 is 18.0 Å². The Balaban J connectivity index is 2.31. The van der Waals surface area contributed by atoms with Crippen molar-refractivity contribution in [2.24, 2.45) is 0 Å². The topological polar surface area (TPSA) is 87.7 Å². The maximum atomic E-state index is 11.5. The molecule has 6 heteroatoms. The summed E-state index contributed by atoms with van der Waals surface area (Å²) in [5, 5.41) is 13.8. The normalized spacial score (nSPS) is 25.3. The van der Waals surface area contributed by atoms with Gasteiger partial charge in [-0.2, -0.15) is 0 Å². The average molecular weight is 244 g/mol. The molecule has 1 heterocycles. The van der Waals surface area contributed by atoms with Crippen LogP contribution in [0.25, 0.3) is 0 Å². The first-order chi connectivity index (χ1) is 7.97. The van der Waals surface area contributed by atoms with E-state index in [2.05, 4.69) is 10.6 Å². The highest BCUT2D eigenvalue weighted by Gasteiger charge is 2.30. The Morgan fingerprint density at radius 1 is 1.53 bits per heavy atom. The Morgan fingerprint density at radius 2 is 2.24 bits per heavy atom. The van der Waals surface area contributed by atoms with Crippen LogP contribution in [-0.4, -0.2) is 41.9 Å². The zero-order valence-electron chi connectivity index (χ0n) is 10.3. The van der Waals surface area contributed by atoms with Crippen LogP contribution in [0, 0.1) is 0 Å². The summed E-state index contributed by atoms with van der Waals surface area (Å²) in [6.07, 6.45) is 2.26. The van der Waals surface area contributed by atoms with Gasteiger partial charge < -0.3 is 20.5 Å². The minimum absolute atomic E-state index is 0.317. The quantitative estimate of drug-likeness (QED) is 0.665. The minimum atomic E-state index is -1.02. The smallest absolute Gasteiger partial charge is 0.326 e. The molecule has 1 rings (SSSR count). The highest BCUT2D eigenvalue weighted by atomic mass is 16.5. The van der Waals surface area contributed by atoms with E-state index in [4.69, 9.17) is 9.84 Å². The third-order valence-corrected chi connectivity index (χ3v) is 2.94. The summed E-state index contributed by atoms with van der Waals surface area (Å²) >= 11 is 0. The highest BCUT2D eigenvalue weighted by Crippen LogP contribution is 2.23.